The molecule has 0 aliphatic heterocycles. The van der Waals surface area contributed by atoms with E-state index in [4.69, 9.17) is 27.9 Å². The summed E-state index contributed by atoms with van der Waals surface area (Å²) in [6.07, 6.45) is 0. The third-order valence-corrected chi connectivity index (χ3v) is 7.59. The van der Waals surface area contributed by atoms with Crippen LogP contribution in [0.25, 0.3) is 0 Å². The smallest absolute Gasteiger partial charge is 0.273 e. The van der Waals surface area contributed by atoms with Gasteiger partial charge in [0, 0.05) is 12.1 Å². The fourth-order valence-electron chi connectivity index (χ4n) is 2.36. The number of hydrogen-bond acceptors (Lipinski definition) is 5. The lowest BCUT2D eigenvalue weighted by molar-refractivity contribution is -0.118. The lowest BCUT2D eigenvalue weighted by atomic mass is 10.3. The second kappa shape index (κ2) is 9.04. The minimum Gasteiger partial charge on any atom is -0.484 e. The predicted octanol–water partition coefficient (Wildman–Crippen LogP) is 4.90. The number of carbonyl (C=O) groups excluding carboxylic acids is 1. The Balaban J connectivity index is 1.60. The molecule has 0 saturated heterocycles. The number of thiophene rings is 1. The molecule has 0 spiro atoms. The molecule has 152 valence electrons. The van der Waals surface area contributed by atoms with Gasteiger partial charge in [0.1, 0.15) is 9.96 Å². The summed E-state index contributed by atoms with van der Waals surface area (Å²) in [6.45, 7) is -0.234. The molecule has 0 saturated carbocycles. The van der Waals surface area contributed by atoms with Crippen molar-refractivity contribution >= 4 is 61.8 Å². The Morgan fingerprint density at radius 3 is 2.48 bits per heavy atom. The molecule has 0 unspecified atom stereocenters. The number of carbonyl (C=O) groups is 1. The molecule has 0 radical (unpaired) electrons. The molecule has 29 heavy (non-hydrogen) atoms. The second-order valence-electron chi connectivity index (χ2n) is 5.86. The maximum absolute atomic E-state index is 12.5. The highest BCUT2D eigenvalue weighted by atomic mass is 35.5. The minimum absolute atomic E-state index is 0.234. The molecule has 3 rings (SSSR count). The third kappa shape index (κ3) is 5.22. The first kappa shape index (κ1) is 21.4. The summed E-state index contributed by atoms with van der Waals surface area (Å²) >= 11 is 13.0. The number of sulfonamides is 1. The van der Waals surface area contributed by atoms with Crippen LogP contribution >= 0.6 is 34.5 Å². The monoisotopic (exact) mass is 470 g/mol. The number of ether oxygens (including phenoxy) is 1. The van der Waals surface area contributed by atoms with Crippen LogP contribution in [0, 0.1) is 0 Å². The first-order valence-corrected chi connectivity index (χ1v) is 11.3. The molecular formula is C19H16Cl2N2O4S2. The molecule has 6 nitrogen and oxygen atoms in total. The minimum atomic E-state index is -3.60. The molecule has 3 aromatic rings. The molecule has 0 aliphatic rings. The van der Waals surface area contributed by atoms with Crippen LogP contribution in [0.3, 0.4) is 0 Å². The van der Waals surface area contributed by atoms with Crippen LogP contribution in [-0.4, -0.2) is 28.0 Å². The average molecular weight is 471 g/mol. The van der Waals surface area contributed by atoms with Gasteiger partial charge in [-0.1, -0.05) is 29.3 Å². The summed E-state index contributed by atoms with van der Waals surface area (Å²) in [6, 6.07) is 14.4. The average Bonchev–Trinajstić information content (AvgIpc) is 3.24. The lowest BCUT2D eigenvalue weighted by Gasteiger charge is -2.18. The molecule has 2 aromatic carbocycles. The van der Waals surface area contributed by atoms with Gasteiger partial charge < -0.3 is 10.1 Å². The van der Waals surface area contributed by atoms with E-state index in [1.54, 1.807) is 53.9 Å². The van der Waals surface area contributed by atoms with Gasteiger partial charge in [0.2, 0.25) is 0 Å². The van der Waals surface area contributed by atoms with Gasteiger partial charge >= 0.3 is 0 Å². The van der Waals surface area contributed by atoms with Crippen molar-refractivity contribution in [2.24, 2.45) is 0 Å². The lowest BCUT2D eigenvalue weighted by Crippen LogP contribution is -2.25. The molecule has 0 atom stereocenters. The van der Waals surface area contributed by atoms with Crippen LogP contribution in [0.2, 0.25) is 10.0 Å². The highest BCUT2D eigenvalue weighted by Crippen LogP contribution is 2.27. The molecule has 0 bridgehead atoms. The third-order valence-electron chi connectivity index (χ3n) is 3.89. The van der Waals surface area contributed by atoms with Crippen LogP contribution in [0.1, 0.15) is 0 Å². The Morgan fingerprint density at radius 2 is 1.86 bits per heavy atom. The van der Waals surface area contributed by atoms with Crippen molar-refractivity contribution in [1.29, 1.82) is 0 Å². The van der Waals surface area contributed by atoms with Crippen molar-refractivity contribution < 1.29 is 17.9 Å². The van der Waals surface area contributed by atoms with E-state index in [9.17, 15) is 13.2 Å². The van der Waals surface area contributed by atoms with Gasteiger partial charge in [-0.25, -0.2) is 8.42 Å². The van der Waals surface area contributed by atoms with E-state index in [2.05, 4.69) is 5.32 Å². The zero-order valence-electron chi connectivity index (χ0n) is 15.1. The van der Waals surface area contributed by atoms with E-state index in [0.29, 0.717) is 27.2 Å². The van der Waals surface area contributed by atoms with Crippen LogP contribution in [0.4, 0.5) is 11.4 Å². The van der Waals surface area contributed by atoms with E-state index in [1.165, 1.54) is 17.4 Å². The SMILES string of the molecule is CN(c1ccc(OCC(=O)Nc2ccc(Cl)cc2Cl)cc1)S(=O)(=O)c1cccs1. The molecule has 0 fully saturated rings. The summed E-state index contributed by atoms with van der Waals surface area (Å²) in [5.74, 6) is 0.0312. The van der Waals surface area contributed by atoms with Crippen LogP contribution in [-0.2, 0) is 14.8 Å². The highest BCUT2D eigenvalue weighted by Gasteiger charge is 2.22. The standard InChI is InChI=1S/C19H16Cl2N2O4S2/c1-23(29(25,26)19-3-2-10-28-19)14-5-7-15(8-6-14)27-12-18(24)22-17-9-4-13(20)11-16(17)21/h2-11H,12H2,1H3,(H,22,24). The van der Waals surface area contributed by atoms with Crippen LogP contribution < -0.4 is 14.4 Å². The summed E-state index contributed by atoms with van der Waals surface area (Å²) < 4.78 is 32.0. The summed E-state index contributed by atoms with van der Waals surface area (Å²) in [5, 5.41) is 5.13. The Hall–Kier alpha value is -2.26. The van der Waals surface area contributed by atoms with Gasteiger partial charge in [0.05, 0.1) is 16.4 Å². The number of rotatable bonds is 7. The first-order chi connectivity index (χ1) is 13.8. The molecule has 1 N–H and O–H groups in total. The van der Waals surface area contributed by atoms with Gasteiger partial charge in [-0.2, -0.15) is 0 Å². The number of nitrogens with one attached hydrogen (secondary N) is 1. The van der Waals surface area contributed by atoms with Gasteiger partial charge in [0.25, 0.3) is 15.9 Å². The summed E-state index contributed by atoms with van der Waals surface area (Å²) in [7, 11) is -2.12. The molecule has 10 heteroatoms. The number of nitrogens with zero attached hydrogens (tertiary/aromatic N) is 1. The predicted molar refractivity (Wildman–Crippen MR) is 117 cm³/mol. The van der Waals surface area contributed by atoms with Crippen LogP contribution in [0.5, 0.6) is 5.75 Å². The Bertz CT molecular complexity index is 1100. The number of amides is 1. The molecule has 0 aliphatic carbocycles. The Kier molecular flexibility index (Phi) is 6.69. The number of anilines is 2. The second-order valence-corrected chi connectivity index (χ2v) is 9.85. The van der Waals surface area contributed by atoms with Crippen molar-refractivity contribution in [3.63, 3.8) is 0 Å². The van der Waals surface area contributed by atoms with Crippen LogP contribution in [0.15, 0.2) is 64.2 Å². The van der Waals surface area contributed by atoms with E-state index >= 15 is 0 Å². The number of hydrogen-bond donors (Lipinski definition) is 1. The zero-order chi connectivity index (χ0) is 21.0. The summed E-state index contributed by atoms with van der Waals surface area (Å²) in [5.41, 5.74) is 0.906. The van der Waals surface area contributed by atoms with Crippen molar-refractivity contribution in [2.75, 3.05) is 23.3 Å². The number of benzene rings is 2. The van der Waals surface area contributed by atoms with Crippen molar-refractivity contribution in [3.8, 4) is 5.75 Å². The van der Waals surface area contributed by atoms with Crippen molar-refractivity contribution in [1.82, 2.24) is 0 Å². The van der Waals surface area contributed by atoms with E-state index < -0.39 is 15.9 Å². The van der Waals surface area contributed by atoms with Crippen molar-refractivity contribution in [3.05, 3.63) is 70.0 Å². The quantitative estimate of drug-likeness (QED) is 0.532. The molecule has 1 amide bonds. The number of halogens is 2. The fourth-order valence-corrected chi connectivity index (χ4v) is 5.17. The largest absolute Gasteiger partial charge is 0.484 e. The Morgan fingerprint density at radius 1 is 1.14 bits per heavy atom. The molecule has 1 aromatic heterocycles. The van der Waals surface area contributed by atoms with E-state index in [1.807, 2.05) is 0 Å². The maximum atomic E-state index is 12.5. The van der Waals surface area contributed by atoms with Gasteiger partial charge in [0.15, 0.2) is 6.61 Å². The molecule has 1 heterocycles. The highest BCUT2D eigenvalue weighted by molar-refractivity contribution is 7.94. The maximum Gasteiger partial charge on any atom is 0.273 e. The summed E-state index contributed by atoms with van der Waals surface area (Å²) in [4.78, 5) is 12.0. The Labute approximate surface area is 182 Å². The topological polar surface area (TPSA) is 75.7 Å². The van der Waals surface area contributed by atoms with Gasteiger partial charge in [-0.3, -0.25) is 9.10 Å². The van der Waals surface area contributed by atoms with E-state index in [0.717, 1.165) is 11.3 Å². The molecular weight excluding hydrogens is 455 g/mol. The first-order valence-electron chi connectivity index (χ1n) is 8.27. The normalized spacial score (nSPS) is 11.1. The van der Waals surface area contributed by atoms with Crippen molar-refractivity contribution in [2.45, 2.75) is 4.21 Å². The van der Waals surface area contributed by atoms with Gasteiger partial charge in [-0.15, -0.1) is 11.3 Å². The fraction of sp³-hybridized carbons (Fsp3) is 0.105. The van der Waals surface area contributed by atoms with Gasteiger partial charge in [-0.05, 0) is 53.9 Å². The van der Waals surface area contributed by atoms with E-state index in [-0.39, 0.29) is 10.8 Å². The zero-order valence-corrected chi connectivity index (χ0v) is 18.3.